The number of hydrogen-bond acceptors (Lipinski definition) is 2. The fraction of sp³-hybridized carbons (Fsp3) is 0.444. The molecule has 0 bridgehead atoms. The summed E-state index contributed by atoms with van der Waals surface area (Å²) < 4.78 is 0. The molecule has 1 aromatic rings. The third-order valence-electron chi connectivity index (χ3n) is 1.82. The largest absolute Gasteiger partial charge is 0.366 e. The second-order valence-electron chi connectivity index (χ2n) is 3.19. The molecule has 1 amide bonds. The van der Waals surface area contributed by atoms with Gasteiger partial charge < -0.3 is 16.0 Å². The van der Waals surface area contributed by atoms with E-state index in [0.717, 1.165) is 5.69 Å². The van der Waals surface area contributed by atoms with Crippen LogP contribution in [0.15, 0.2) is 18.5 Å². The van der Waals surface area contributed by atoms with Gasteiger partial charge in [-0.25, -0.2) is 0 Å². The summed E-state index contributed by atoms with van der Waals surface area (Å²) in [7, 11) is 0. The van der Waals surface area contributed by atoms with Crippen molar-refractivity contribution in [2.24, 2.45) is 11.7 Å². The molecule has 13 heavy (non-hydrogen) atoms. The standard InChI is InChI=1S/C9H15N3O/c1-7(5-10)4-9(13)12-8-2-3-11-6-8/h2-3,6-7,11H,4-5,10H2,1H3,(H,12,13). The van der Waals surface area contributed by atoms with Gasteiger partial charge in [-0.2, -0.15) is 0 Å². The molecule has 0 saturated heterocycles. The zero-order valence-electron chi connectivity index (χ0n) is 7.71. The summed E-state index contributed by atoms with van der Waals surface area (Å²) in [4.78, 5) is 14.2. The third-order valence-corrected chi connectivity index (χ3v) is 1.82. The molecule has 1 rings (SSSR count). The van der Waals surface area contributed by atoms with Crippen molar-refractivity contribution in [1.29, 1.82) is 0 Å². The van der Waals surface area contributed by atoms with Crippen molar-refractivity contribution >= 4 is 11.6 Å². The number of aromatic amines is 1. The minimum Gasteiger partial charge on any atom is -0.366 e. The van der Waals surface area contributed by atoms with E-state index >= 15 is 0 Å². The quantitative estimate of drug-likeness (QED) is 0.646. The summed E-state index contributed by atoms with van der Waals surface area (Å²) in [5.74, 6) is 0.247. The first-order valence-electron chi connectivity index (χ1n) is 4.35. The molecule has 4 heteroatoms. The van der Waals surface area contributed by atoms with Gasteiger partial charge in [0.1, 0.15) is 0 Å². The predicted octanol–water partition coefficient (Wildman–Crippen LogP) is 0.938. The van der Waals surface area contributed by atoms with E-state index in [1.54, 1.807) is 12.4 Å². The summed E-state index contributed by atoms with van der Waals surface area (Å²) >= 11 is 0. The van der Waals surface area contributed by atoms with Gasteiger partial charge in [-0.3, -0.25) is 4.79 Å². The number of carbonyl (C=O) groups is 1. The molecule has 72 valence electrons. The molecule has 0 aliphatic carbocycles. The Labute approximate surface area is 77.5 Å². The van der Waals surface area contributed by atoms with Crippen LogP contribution < -0.4 is 11.1 Å². The fourth-order valence-corrected chi connectivity index (χ4v) is 1.01. The number of anilines is 1. The summed E-state index contributed by atoms with van der Waals surface area (Å²) in [6.45, 7) is 2.50. The minimum atomic E-state index is 0.0116. The molecule has 0 saturated carbocycles. The van der Waals surface area contributed by atoms with Crippen LogP contribution in [0.1, 0.15) is 13.3 Å². The summed E-state index contributed by atoms with van der Waals surface area (Å²) in [5.41, 5.74) is 6.21. The Hall–Kier alpha value is -1.29. The van der Waals surface area contributed by atoms with Crippen LogP contribution in [-0.4, -0.2) is 17.4 Å². The monoisotopic (exact) mass is 181 g/mol. The molecule has 0 aliphatic heterocycles. The Morgan fingerprint density at radius 1 is 1.77 bits per heavy atom. The van der Waals surface area contributed by atoms with Gasteiger partial charge in [0.05, 0.1) is 5.69 Å². The number of aromatic nitrogens is 1. The van der Waals surface area contributed by atoms with E-state index in [9.17, 15) is 4.79 Å². The van der Waals surface area contributed by atoms with Gasteiger partial charge in [-0.1, -0.05) is 6.92 Å². The molecule has 1 aromatic heterocycles. The molecule has 4 nitrogen and oxygen atoms in total. The molecular weight excluding hydrogens is 166 g/mol. The lowest BCUT2D eigenvalue weighted by Gasteiger charge is -2.07. The van der Waals surface area contributed by atoms with Crippen molar-refractivity contribution in [2.45, 2.75) is 13.3 Å². The summed E-state index contributed by atoms with van der Waals surface area (Å²) in [5, 5.41) is 2.76. The van der Waals surface area contributed by atoms with Crippen molar-refractivity contribution in [1.82, 2.24) is 4.98 Å². The molecule has 1 atom stereocenters. The van der Waals surface area contributed by atoms with E-state index in [4.69, 9.17) is 5.73 Å². The number of hydrogen-bond donors (Lipinski definition) is 3. The Kier molecular flexibility index (Phi) is 3.52. The minimum absolute atomic E-state index is 0.0116. The lowest BCUT2D eigenvalue weighted by Crippen LogP contribution is -2.19. The molecule has 0 fully saturated rings. The molecule has 4 N–H and O–H groups in total. The first-order chi connectivity index (χ1) is 6.22. The van der Waals surface area contributed by atoms with E-state index in [-0.39, 0.29) is 11.8 Å². The Morgan fingerprint density at radius 3 is 3.08 bits per heavy atom. The van der Waals surface area contributed by atoms with E-state index in [2.05, 4.69) is 10.3 Å². The van der Waals surface area contributed by atoms with Crippen LogP contribution in [0.4, 0.5) is 5.69 Å². The van der Waals surface area contributed by atoms with Gasteiger partial charge in [-0.05, 0) is 18.5 Å². The summed E-state index contributed by atoms with van der Waals surface area (Å²) in [6, 6.07) is 1.81. The van der Waals surface area contributed by atoms with Crippen LogP contribution >= 0.6 is 0 Å². The van der Waals surface area contributed by atoms with Gasteiger partial charge in [0.15, 0.2) is 0 Å². The maximum absolute atomic E-state index is 11.3. The lowest BCUT2D eigenvalue weighted by molar-refractivity contribution is -0.116. The maximum atomic E-state index is 11.3. The highest BCUT2D eigenvalue weighted by molar-refractivity contribution is 5.90. The summed E-state index contributed by atoms with van der Waals surface area (Å²) in [6.07, 6.45) is 3.98. The first-order valence-corrected chi connectivity index (χ1v) is 4.35. The highest BCUT2D eigenvalue weighted by Gasteiger charge is 2.07. The second-order valence-corrected chi connectivity index (χ2v) is 3.19. The molecule has 0 aliphatic rings. The maximum Gasteiger partial charge on any atom is 0.224 e. The predicted molar refractivity (Wildman–Crippen MR) is 52.3 cm³/mol. The van der Waals surface area contributed by atoms with Gasteiger partial charge in [0.2, 0.25) is 5.91 Å². The zero-order chi connectivity index (χ0) is 9.68. The average molecular weight is 181 g/mol. The molecule has 0 aromatic carbocycles. The normalized spacial score (nSPS) is 12.5. The average Bonchev–Trinajstić information content (AvgIpc) is 2.56. The van der Waals surface area contributed by atoms with Crippen LogP contribution in [0.5, 0.6) is 0 Å². The van der Waals surface area contributed by atoms with Crippen LogP contribution in [-0.2, 0) is 4.79 Å². The zero-order valence-corrected chi connectivity index (χ0v) is 7.71. The third kappa shape index (κ3) is 3.29. The number of H-pyrrole nitrogens is 1. The molecular formula is C9H15N3O. The van der Waals surface area contributed by atoms with Crippen molar-refractivity contribution in [3.05, 3.63) is 18.5 Å². The van der Waals surface area contributed by atoms with E-state index < -0.39 is 0 Å². The number of carbonyl (C=O) groups excluding carboxylic acids is 1. The molecule has 1 unspecified atom stereocenters. The SMILES string of the molecule is CC(CN)CC(=O)Nc1cc[nH]c1. The molecule has 0 spiro atoms. The van der Waals surface area contributed by atoms with Crippen molar-refractivity contribution in [3.8, 4) is 0 Å². The first kappa shape index (κ1) is 9.80. The van der Waals surface area contributed by atoms with Gasteiger partial charge in [-0.15, -0.1) is 0 Å². The van der Waals surface area contributed by atoms with Crippen LogP contribution in [0.2, 0.25) is 0 Å². The van der Waals surface area contributed by atoms with Gasteiger partial charge in [0.25, 0.3) is 0 Å². The van der Waals surface area contributed by atoms with Gasteiger partial charge in [0, 0.05) is 18.8 Å². The number of rotatable bonds is 4. The molecule has 0 radical (unpaired) electrons. The van der Waals surface area contributed by atoms with Crippen LogP contribution in [0.25, 0.3) is 0 Å². The van der Waals surface area contributed by atoms with E-state index in [1.807, 2.05) is 13.0 Å². The van der Waals surface area contributed by atoms with Gasteiger partial charge >= 0.3 is 0 Å². The topological polar surface area (TPSA) is 70.9 Å². The Morgan fingerprint density at radius 2 is 2.54 bits per heavy atom. The Balaban J connectivity index is 2.34. The van der Waals surface area contributed by atoms with E-state index in [1.165, 1.54) is 0 Å². The van der Waals surface area contributed by atoms with Crippen LogP contribution in [0, 0.1) is 5.92 Å². The van der Waals surface area contributed by atoms with Crippen molar-refractivity contribution < 1.29 is 4.79 Å². The van der Waals surface area contributed by atoms with Crippen molar-refractivity contribution in [2.75, 3.05) is 11.9 Å². The smallest absolute Gasteiger partial charge is 0.224 e. The number of amides is 1. The second kappa shape index (κ2) is 4.67. The van der Waals surface area contributed by atoms with Crippen molar-refractivity contribution in [3.63, 3.8) is 0 Å². The molecule has 1 heterocycles. The lowest BCUT2D eigenvalue weighted by atomic mass is 10.1. The fourth-order valence-electron chi connectivity index (χ4n) is 1.01. The Bertz CT molecular complexity index is 256. The number of nitrogens with one attached hydrogen (secondary N) is 2. The van der Waals surface area contributed by atoms with E-state index in [0.29, 0.717) is 13.0 Å². The highest BCUT2D eigenvalue weighted by atomic mass is 16.1. The van der Waals surface area contributed by atoms with Crippen LogP contribution in [0.3, 0.4) is 0 Å². The highest BCUT2D eigenvalue weighted by Crippen LogP contribution is 2.06. The number of nitrogens with two attached hydrogens (primary N) is 1.